The molecule has 2 heterocycles. The number of hydrogen-bond acceptors (Lipinski definition) is 3. The summed E-state index contributed by atoms with van der Waals surface area (Å²) in [6.07, 6.45) is 5.74. The summed E-state index contributed by atoms with van der Waals surface area (Å²) in [4.78, 5) is 18.0. The van der Waals surface area contributed by atoms with E-state index < -0.39 is 11.4 Å². The molecule has 0 amide bonds. The second kappa shape index (κ2) is 5.92. The van der Waals surface area contributed by atoms with Crippen LogP contribution < -0.4 is 0 Å². The Morgan fingerprint density at radius 2 is 2.30 bits per heavy atom. The van der Waals surface area contributed by atoms with E-state index in [4.69, 9.17) is 0 Å². The van der Waals surface area contributed by atoms with Crippen LogP contribution in [-0.4, -0.2) is 34.0 Å². The molecule has 0 spiro atoms. The summed E-state index contributed by atoms with van der Waals surface area (Å²) in [6, 6.07) is 4.33. The van der Waals surface area contributed by atoms with Crippen LogP contribution in [0.15, 0.2) is 24.5 Å². The monoisotopic (exact) mass is 276 g/mol. The topological polar surface area (TPSA) is 53.4 Å². The van der Waals surface area contributed by atoms with E-state index in [1.165, 1.54) is 5.56 Å². The van der Waals surface area contributed by atoms with Gasteiger partial charge in [-0.2, -0.15) is 0 Å². The zero-order valence-corrected chi connectivity index (χ0v) is 12.5. The van der Waals surface area contributed by atoms with Gasteiger partial charge in [0.2, 0.25) is 0 Å². The van der Waals surface area contributed by atoms with Crippen LogP contribution in [0.2, 0.25) is 0 Å². The fourth-order valence-electron chi connectivity index (χ4n) is 2.96. The van der Waals surface area contributed by atoms with Gasteiger partial charge in [0.05, 0.1) is 5.41 Å². The van der Waals surface area contributed by atoms with Gasteiger partial charge >= 0.3 is 5.97 Å². The molecule has 1 N–H and O–H groups in total. The summed E-state index contributed by atoms with van der Waals surface area (Å²) in [6.45, 7) is 7.74. The molecule has 0 aliphatic carbocycles. The SMILES string of the molecule is CC(c1cccnc1)N1CCCC(C(C)(C)C(=O)O)C1. The number of rotatable bonds is 4. The van der Waals surface area contributed by atoms with Crippen molar-refractivity contribution in [3.63, 3.8) is 0 Å². The van der Waals surface area contributed by atoms with Crippen LogP contribution in [0.5, 0.6) is 0 Å². The van der Waals surface area contributed by atoms with Crippen LogP contribution in [-0.2, 0) is 4.79 Å². The molecule has 0 aromatic carbocycles. The van der Waals surface area contributed by atoms with E-state index in [-0.39, 0.29) is 12.0 Å². The van der Waals surface area contributed by atoms with Crippen LogP contribution >= 0.6 is 0 Å². The number of aromatic nitrogens is 1. The molecule has 110 valence electrons. The lowest BCUT2D eigenvalue weighted by molar-refractivity contribution is -0.151. The zero-order valence-electron chi connectivity index (χ0n) is 12.5. The number of nitrogens with zero attached hydrogens (tertiary/aromatic N) is 2. The molecule has 1 aliphatic heterocycles. The summed E-state index contributed by atoms with van der Waals surface area (Å²) < 4.78 is 0. The molecule has 1 fully saturated rings. The quantitative estimate of drug-likeness (QED) is 0.918. The lowest BCUT2D eigenvalue weighted by Crippen LogP contribution is -2.45. The van der Waals surface area contributed by atoms with Crippen molar-refractivity contribution < 1.29 is 9.90 Å². The number of piperidine rings is 1. The normalized spacial score (nSPS) is 22.4. The van der Waals surface area contributed by atoms with E-state index in [1.54, 1.807) is 6.20 Å². The molecule has 0 bridgehead atoms. The third-order valence-corrected chi connectivity index (χ3v) is 4.74. The maximum absolute atomic E-state index is 11.4. The van der Waals surface area contributed by atoms with Crippen molar-refractivity contribution in [2.45, 2.75) is 39.7 Å². The first-order valence-electron chi connectivity index (χ1n) is 7.30. The van der Waals surface area contributed by atoms with E-state index in [0.29, 0.717) is 0 Å². The third kappa shape index (κ3) is 3.01. The molecule has 1 saturated heterocycles. The Labute approximate surface area is 120 Å². The molecule has 0 radical (unpaired) electrons. The molecule has 2 atom stereocenters. The molecule has 0 saturated carbocycles. The largest absolute Gasteiger partial charge is 0.481 e. The Bertz CT molecular complexity index is 459. The van der Waals surface area contributed by atoms with Gasteiger partial charge in [0.15, 0.2) is 0 Å². The van der Waals surface area contributed by atoms with Gasteiger partial charge in [-0.15, -0.1) is 0 Å². The van der Waals surface area contributed by atoms with Crippen molar-refractivity contribution in [3.05, 3.63) is 30.1 Å². The van der Waals surface area contributed by atoms with Gasteiger partial charge in [0.1, 0.15) is 0 Å². The first-order chi connectivity index (χ1) is 9.43. The average Bonchev–Trinajstić information content (AvgIpc) is 2.47. The predicted molar refractivity (Wildman–Crippen MR) is 78.4 cm³/mol. The minimum Gasteiger partial charge on any atom is -0.481 e. The van der Waals surface area contributed by atoms with E-state index >= 15 is 0 Å². The highest BCUT2D eigenvalue weighted by atomic mass is 16.4. The average molecular weight is 276 g/mol. The van der Waals surface area contributed by atoms with Crippen LogP contribution in [0.1, 0.15) is 45.2 Å². The van der Waals surface area contributed by atoms with Gasteiger partial charge in [-0.25, -0.2) is 0 Å². The standard InChI is InChI=1S/C16H24N2O2/c1-12(13-6-4-8-17-10-13)18-9-5-7-14(11-18)16(2,3)15(19)20/h4,6,8,10,12,14H,5,7,9,11H2,1-3H3,(H,19,20). The molecule has 1 aromatic rings. The van der Waals surface area contributed by atoms with Crippen LogP contribution in [0.3, 0.4) is 0 Å². The maximum atomic E-state index is 11.4. The van der Waals surface area contributed by atoms with Gasteiger partial charge in [0.25, 0.3) is 0 Å². The number of hydrogen-bond donors (Lipinski definition) is 1. The van der Waals surface area contributed by atoms with E-state index in [0.717, 1.165) is 25.9 Å². The van der Waals surface area contributed by atoms with Crippen molar-refractivity contribution in [2.75, 3.05) is 13.1 Å². The minimum atomic E-state index is -0.696. The first-order valence-corrected chi connectivity index (χ1v) is 7.30. The predicted octanol–water partition coefficient (Wildman–Crippen LogP) is 2.97. The summed E-state index contributed by atoms with van der Waals surface area (Å²) in [5, 5.41) is 9.41. The summed E-state index contributed by atoms with van der Waals surface area (Å²) >= 11 is 0. The van der Waals surface area contributed by atoms with E-state index in [1.807, 2.05) is 26.1 Å². The Hall–Kier alpha value is -1.42. The first kappa shape index (κ1) is 15.0. The summed E-state index contributed by atoms with van der Waals surface area (Å²) in [5.74, 6) is -0.494. The minimum absolute atomic E-state index is 0.202. The fraction of sp³-hybridized carbons (Fsp3) is 0.625. The second-order valence-electron chi connectivity index (χ2n) is 6.32. The third-order valence-electron chi connectivity index (χ3n) is 4.74. The molecule has 4 heteroatoms. The Kier molecular flexibility index (Phi) is 4.43. The van der Waals surface area contributed by atoms with E-state index in [2.05, 4.69) is 22.9 Å². The molecule has 1 aromatic heterocycles. The highest BCUT2D eigenvalue weighted by molar-refractivity contribution is 5.74. The lowest BCUT2D eigenvalue weighted by Gasteiger charge is -2.41. The molecule has 4 nitrogen and oxygen atoms in total. The Morgan fingerprint density at radius 3 is 2.90 bits per heavy atom. The van der Waals surface area contributed by atoms with Crippen LogP contribution in [0.4, 0.5) is 0 Å². The lowest BCUT2D eigenvalue weighted by atomic mass is 9.74. The van der Waals surface area contributed by atoms with Gasteiger partial charge in [0, 0.05) is 25.0 Å². The highest BCUT2D eigenvalue weighted by Crippen LogP contribution is 2.36. The van der Waals surface area contributed by atoms with Crippen molar-refractivity contribution in [2.24, 2.45) is 11.3 Å². The van der Waals surface area contributed by atoms with E-state index in [9.17, 15) is 9.90 Å². The number of carboxylic acids is 1. The second-order valence-corrected chi connectivity index (χ2v) is 6.32. The summed E-state index contributed by atoms with van der Waals surface area (Å²) in [5.41, 5.74) is 0.536. The summed E-state index contributed by atoms with van der Waals surface area (Å²) in [7, 11) is 0. The van der Waals surface area contributed by atoms with Crippen molar-refractivity contribution in [3.8, 4) is 0 Å². The number of carbonyl (C=O) groups is 1. The zero-order chi connectivity index (χ0) is 14.8. The molecule has 20 heavy (non-hydrogen) atoms. The molecule has 2 rings (SSSR count). The highest BCUT2D eigenvalue weighted by Gasteiger charge is 2.39. The van der Waals surface area contributed by atoms with Gasteiger partial charge in [-0.05, 0) is 57.7 Å². The van der Waals surface area contributed by atoms with Crippen molar-refractivity contribution in [1.29, 1.82) is 0 Å². The van der Waals surface area contributed by atoms with Crippen molar-refractivity contribution >= 4 is 5.97 Å². The molecular weight excluding hydrogens is 252 g/mol. The Balaban J connectivity index is 2.09. The van der Waals surface area contributed by atoms with Gasteiger partial charge < -0.3 is 5.11 Å². The smallest absolute Gasteiger partial charge is 0.309 e. The van der Waals surface area contributed by atoms with Gasteiger partial charge in [-0.3, -0.25) is 14.7 Å². The molecule has 1 aliphatic rings. The fourth-order valence-corrected chi connectivity index (χ4v) is 2.96. The molecule has 2 unspecified atom stereocenters. The number of carboxylic acid groups (broad SMARTS) is 1. The number of likely N-dealkylation sites (tertiary alicyclic amines) is 1. The van der Waals surface area contributed by atoms with Crippen LogP contribution in [0.25, 0.3) is 0 Å². The van der Waals surface area contributed by atoms with Crippen LogP contribution in [0, 0.1) is 11.3 Å². The maximum Gasteiger partial charge on any atom is 0.309 e. The number of pyridine rings is 1. The molecular formula is C16H24N2O2. The van der Waals surface area contributed by atoms with Gasteiger partial charge in [-0.1, -0.05) is 6.07 Å². The van der Waals surface area contributed by atoms with Crippen molar-refractivity contribution in [1.82, 2.24) is 9.88 Å². The number of aliphatic carboxylic acids is 1. The Morgan fingerprint density at radius 1 is 1.55 bits per heavy atom.